The molecule has 3 rings (SSSR count). The maximum absolute atomic E-state index is 12.8. The van der Waals surface area contributed by atoms with Crippen LogP contribution in [0.3, 0.4) is 0 Å². The number of nitrogens with one attached hydrogen (secondary N) is 2. The maximum Gasteiger partial charge on any atom is 0.436 e. The van der Waals surface area contributed by atoms with Crippen LogP contribution in [-0.4, -0.2) is 66.8 Å². The fourth-order valence-corrected chi connectivity index (χ4v) is 4.01. The van der Waals surface area contributed by atoms with Gasteiger partial charge in [0.2, 0.25) is 11.8 Å². The van der Waals surface area contributed by atoms with Crippen LogP contribution in [0.5, 0.6) is 0 Å². The van der Waals surface area contributed by atoms with Crippen LogP contribution >= 0.6 is 0 Å². The van der Waals surface area contributed by atoms with E-state index in [1.54, 1.807) is 45.0 Å². The molecule has 0 saturated carbocycles. The molecule has 4 N–H and O–H groups in total. The lowest BCUT2D eigenvalue weighted by atomic mass is 10.0. The van der Waals surface area contributed by atoms with Crippen molar-refractivity contribution >= 4 is 35.4 Å². The molecule has 0 aliphatic carbocycles. The third-order valence-corrected chi connectivity index (χ3v) is 6.07. The van der Waals surface area contributed by atoms with Crippen LogP contribution in [0.25, 0.3) is 0 Å². The van der Waals surface area contributed by atoms with E-state index in [2.05, 4.69) is 20.8 Å². The highest BCUT2D eigenvalue weighted by atomic mass is 16.6. The lowest BCUT2D eigenvalue weighted by molar-refractivity contribution is -0.143. The summed E-state index contributed by atoms with van der Waals surface area (Å²) in [5, 5.41) is 9.47. The number of hydrogen-bond donors (Lipinski definition) is 3. The number of aliphatic imine (C=N–C) groups is 1. The van der Waals surface area contributed by atoms with Crippen molar-refractivity contribution in [3.05, 3.63) is 71.3 Å². The molecule has 2 atom stereocenters. The van der Waals surface area contributed by atoms with E-state index in [-0.39, 0.29) is 18.7 Å². The zero-order valence-corrected chi connectivity index (χ0v) is 24.2. The Balaban J connectivity index is 1.52. The van der Waals surface area contributed by atoms with Crippen LogP contribution in [0.2, 0.25) is 0 Å². The summed E-state index contributed by atoms with van der Waals surface area (Å²) in [6, 6.07) is 15.4. The Bertz CT molecular complexity index is 1320. The number of nitrogens with two attached hydrogens (primary N) is 1. The number of esters is 1. The summed E-state index contributed by atoms with van der Waals surface area (Å²) >= 11 is 0. The van der Waals surface area contributed by atoms with Crippen molar-refractivity contribution in [3.63, 3.8) is 0 Å². The van der Waals surface area contributed by atoms with E-state index in [0.717, 1.165) is 11.1 Å². The molecule has 3 amide bonds. The minimum Gasteiger partial charge on any atom is -0.469 e. The number of carbonyl (C=O) groups is 4. The summed E-state index contributed by atoms with van der Waals surface area (Å²) in [4.78, 5) is 58.6. The summed E-state index contributed by atoms with van der Waals surface area (Å²) in [5.41, 5.74) is 8.19. The van der Waals surface area contributed by atoms with E-state index >= 15 is 0 Å². The number of oxime groups is 1. The van der Waals surface area contributed by atoms with Gasteiger partial charge in [-0.2, -0.15) is 4.99 Å². The normalized spacial score (nSPS) is 15.6. The second-order valence-electron chi connectivity index (χ2n) is 10.7. The number of hydrogen-bond acceptors (Lipinski definition) is 8. The Kier molecular flexibility index (Phi) is 11.2. The van der Waals surface area contributed by atoms with Gasteiger partial charge in [0.1, 0.15) is 23.6 Å². The van der Waals surface area contributed by atoms with Gasteiger partial charge in [-0.25, -0.2) is 4.79 Å². The van der Waals surface area contributed by atoms with Gasteiger partial charge >= 0.3 is 12.1 Å². The third kappa shape index (κ3) is 10.3. The summed E-state index contributed by atoms with van der Waals surface area (Å²) < 4.78 is 9.85. The number of methoxy groups -OCH3 is 1. The molecule has 1 aliphatic rings. The molecule has 224 valence electrons. The summed E-state index contributed by atoms with van der Waals surface area (Å²) in [6.07, 6.45) is -0.768. The largest absolute Gasteiger partial charge is 0.469 e. The smallest absolute Gasteiger partial charge is 0.436 e. The number of benzene rings is 2. The fourth-order valence-electron chi connectivity index (χ4n) is 4.01. The predicted molar refractivity (Wildman–Crippen MR) is 156 cm³/mol. The number of rotatable bonds is 11. The van der Waals surface area contributed by atoms with E-state index in [9.17, 15) is 19.2 Å². The molecule has 0 spiro atoms. The maximum atomic E-state index is 12.8. The van der Waals surface area contributed by atoms with Crippen molar-refractivity contribution in [2.75, 3.05) is 13.7 Å². The molecular formula is C30H37N5O7. The predicted octanol–water partition coefficient (Wildman–Crippen LogP) is 2.62. The Morgan fingerprint density at radius 2 is 1.79 bits per heavy atom. The quantitative estimate of drug-likeness (QED) is 0.207. The first-order valence-electron chi connectivity index (χ1n) is 13.5. The number of nitrogens with zero attached hydrogens (tertiary/aromatic N) is 2. The second kappa shape index (κ2) is 14.8. The van der Waals surface area contributed by atoms with Gasteiger partial charge in [0.25, 0.3) is 0 Å². The van der Waals surface area contributed by atoms with Crippen LogP contribution in [-0.2, 0) is 35.1 Å². The standard InChI is InChI=1S/C30H37N5O7/c1-30(2,3)41-29(39)34-27(31)21-12-10-20(11-13-21)23-16-22(42-35-23)17-25(36)33-24(18-26(37)40-4)28(38)32-15-14-19-8-6-5-7-9-19/h5-13,22,24H,14-18H2,1-4H3,(H,32,38)(H,33,36)(H2,31,34,39)/t22?,24-/m0/s1. The molecule has 1 heterocycles. The number of ether oxygens (including phenoxy) is 2. The Morgan fingerprint density at radius 1 is 1.10 bits per heavy atom. The van der Waals surface area contributed by atoms with Crippen LogP contribution in [0.1, 0.15) is 56.7 Å². The molecule has 0 aromatic heterocycles. The average molecular weight is 580 g/mol. The Hall–Kier alpha value is -4.74. The molecule has 0 bridgehead atoms. The molecule has 12 nitrogen and oxygen atoms in total. The Labute approximate surface area is 244 Å². The lowest BCUT2D eigenvalue weighted by Gasteiger charge is -2.18. The van der Waals surface area contributed by atoms with Crippen molar-refractivity contribution in [3.8, 4) is 0 Å². The molecular weight excluding hydrogens is 542 g/mol. The first-order valence-corrected chi connectivity index (χ1v) is 13.5. The van der Waals surface area contributed by atoms with Gasteiger partial charge in [0.05, 0.1) is 25.7 Å². The van der Waals surface area contributed by atoms with Gasteiger partial charge in [0.15, 0.2) is 0 Å². The number of amides is 3. The Morgan fingerprint density at radius 3 is 2.43 bits per heavy atom. The topological polar surface area (TPSA) is 171 Å². The van der Waals surface area contributed by atoms with Gasteiger partial charge in [-0.3, -0.25) is 14.4 Å². The van der Waals surface area contributed by atoms with Crippen LogP contribution < -0.4 is 16.4 Å². The summed E-state index contributed by atoms with van der Waals surface area (Å²) in [5.74, 6) is -1.56. The van der Waals surface area contributed by atoms with Gasteiger partial charge in [-0.15, -0.1) is 0 Å². The molecule has 42 heavy (non-hydrogen) atoms. The van der Waals surface area contributed by atoms with E-state index < -0.39 is 41.6 Å². The highest BCUT2D eigenvalue weighted by Crippen LogP contribution is 2.20. The van der Waals surface area contributed by atoms with E-state index in [0.29, 0.717) is 30.7 Å². The van der Waals surface area contributed by atoms with E-state index in [1.165, 1.54) is 7.11 Å². The number of amidine groups is 1. The minimum absolute atomic E-state index is 0.0144. The van der Waals surface area contributed by atoms with Gasteiger partial charge in [0, 0.05) is 18.5 Å². The molecule has 2 aromatic carbocycles. The average Bonchev–Trinajstić information content (AvgIpc) is 3.40. The second-order valence-corrected chi connectivity index (χ2v) is 10.7. The first kappa shape index (κ1) is 31.8. The van der Waals surface area contributed by atoms with E-state index in [4.69, 9.17) is 20.0 Å². The van der Waals surface area contributed by atoms with Crippen LogP contribution in [0.4, 0.5) is 4.79 Å². The molecule has 1 aliphatic heterocycles. The van der Waals surface area contributed by atoms with Crippen molar-refractivity contribution < 1.29 is 33.5 Å². The van der Waals surface area contributed by atoms with Gasteiger partial charge < -0.3 is 30.7 Å². The molecule has 12 heteroatoms. The summed E-state index contributed by atoms with van der Waals surface area (Å²) in [7, 11) is 1.22. The minimum atomic E-state index is -1.09. The van der Waals surface area contributed by atoms with Crippen molar-refractivity contribution in [1.29, 1.82) is 0 Å². The molecule has 1 unspecified atom stereocenters. The van der Waals surface area contributed by atoms with Crippen molar-refractivity contribution in [2.45, 2.75) is 64.2 Å². The van der Waals surface area contributed by atoms with Gasteiger partial charge in [-0.1, -0.05) is 59.8 Å². The monoisotopic (exact) mass is 579 g/mol. The first-order chi connectivity index (χ1) is 19.9. The van der Waals surface area contributed by atoms with Crippen molar-refractivity contribution in [1.82, 2.24) is 10.6 Å². The number of carbonyl (C=O) groups excluding carboxylic acids is 4. The fraction of sp³-hybridized carbons (Fsp3) is 0.400. The molecule has 0 radical (unpaired) electrons. The van der Waals surface area contributed by atoms with E-state index in [1.807, 2.05) is 30.3 Å². The SMILES string of the molecule is COC(=O)C[C@H](NC(=O)CC1CC(c2ccc(/C(N)=N\C(=O)OC(C)(C)C)cc2)=NO1)C(=O)NCCc1ccccc1. The highest BCUT2D eigenvalue weighted by Gasteiger charge is 2.29. The summed E-state index contributed by atoms with van der Waals surface area (Å²) in [6.45, 7) is 5.55. The van der Waals surface area contributed by atoms with Crippen molar-refractivity contribution in [2.24, 2.45) is 15.9 Å². The molecule has 0 fully saturated rings. The molecule has 2 aromatic rings. The third-order valence-electron chi connectivity index (χ3n) is 6.07. The molecule has 0 saturated heterocycles. The lowest BCUT2D eigenvalue weighted by Crippen LogP contribution is -2.48. The zero-order chi connectivity index (χ0) is 30.7. The van der Waals surface area contributed by atoms with Gasteiger partial charge in [-0.05, 0) is 38.3 Å². The van der Waals surface area contributed by atoms with Crippen LogP contribution in [0.15, 0.2) is 64.7 Å². The van der Waals surface area contributed by atoms with Crippen LogP contribution in [0, 0.1) is 0 Å². The zero-order valence-electron chi connectivity index (χ0n) is 24.2. The highest BCUT2D eigenvalue weighted by molar-refractivity contribution is 6.05.